The van der Waals surface area contributed by atoms with Crippen LogP contribution >= 0.6 is 0 Å². The number of rotatable bonds is 6. The second-order valence-corrected chi connectivity index (χ2v) is 4.83. The molecule has 0 aliphatic heterocycles. The summed E-state index contributed by atoms with van der Waals surface area (Å²) in [5.74, 6) is -0.517. The molecule has 0 unspecified atom stereocenters. The Kier molecular flexibility index (Phi) is 5.14. The van der Waals surface area contributed by atoms with Crippen molar-refractivity contribution in [3.8, 4) is 5.75 Å². The fourth-order valence-corrected chi connectivity index (χ4v) is 1.88. The SMILES string of the molecule is Cc1ccccc1OCC(=O)NCc1ccc(C(=O)O)cc1. The Morgan fingerprint density at radius 3 is 2.41 bits per heavy atom. The highest BCUT2D eigenvalue weighted by Crippen LogP contribution is 2.15. The molecule has 22 heavy (non-hydrogen) atoms. The highest BCUT2D eigenvalue weighted by atomic mass is 16.5. The number of aromatic carboxylic acids is 1. The first kappa shape index (κ1) is 15.6. The molecule has 0 atom stereocenters. The molecule has 0 aliphatic rings. The number of nitrogens with one attached hydrogen (secondary N) is 1. The van der Waals surface area contributed by atoms with E-state index < -0.39 is 5.97 Å². The fourth-order valence-electron chi connectivity index (χ4n) is 1.88. The van der Waals surface area contributed by atoms with Crippen molar-refractivity contribution in [2.45, 2.75) is 13.5 Å². The van der Waals surface area contributed by atoms with E-state index in [0.29, 0.717) is 12.3 Å². The highest BCUT2D eigenvalue weighted by Gasteiger charge is 2.05. The second kappa shape index (κ2) is 7.26. The molecule has 2 aromatic carbocycles. The van der Waals surface area contributed by atoms with Gasteiger partial charge in [0.1, 0.15) is 5.75 Å². The van der Waals surface area contributed by atoms with Gasteiger partial charge in [0.25, 0.3) is 5.91 Å². The number of hydrogen-bond donors (Lipinski definition) is 2. The van der Waals surface area contributed by atoms with E-state index in [1.807, 2.05) is 31.2 Å². The molecular weight excluding hydrogens is 282 g/mol. The lowest BCUT2D eigenvalue weighted by molar-refractivity contribution is -0.123. The Balaban J connectivity index is 1.80. The van der Waals surface area contributed by atoms with E-state index in [2.05, 4.69) is 5.32 Å². The number of amides is 1. The van der Waals surface area contributed by atoms with Crippen molar-refractivity contribution in [1.29, 1.82) is 0 Å². The van der Waals surface area contributed by atoms with Gasteiger partial charge in [-0.05, 0) is 36.2 Å². The van der Waals surface area contributed by atoms with Crippen LogP contribution in [0.2, 0.25) is 0 Å². The van der Waals surface area contributed by atoms with Gasteiger partial charge in [0, 0.05) is 6.54 Å². The molecule has 0 aromatic heterocycles. The molecule has 1 amide bonds. The van der Waals surface area contributed by atoms with Crippen LogP contribution < -0.4 is 10.1 Å². The zero-order valence-electron chi connectivity index (χ0n) is 12.2. The Morgan fingerprint density at radius 2 is 1.77 bits per heavy atom. The van der Waals surface area contributed by atoms with E-state index in [-0.39, 0.29) is 18.1 Å². The number of aryl methyl sites for hydroxylation is 1. The van der Waals surface area contributed by atoms with Gasteiger partial charge in [0.2, 0.25) is 0 Å². The smallest absolute Gasteiger partial charge is 0.335 e. The minimum atomic E-state index is -0.970. The zero-order chi connectivity index (χ0) is 15.9. The van der Waals surface area contributed by atoms with Crippen molar-refractivity contribution >= 4 is 11.9 Å². The van der Waals surface area contributed by atoms with Crippen molar-refractivity contribution in [1.82, 2.24) is 5.32 Å². The maximum Gasteiger partial charge on any atom is 0.335 e. The van der Waals surface area contributed by atoms with Crippen LogP contribution in [0.15, 0.2) is 48.5 Å². The van der Waals surface area contributed by atoms with Crippen LogP contribution in [0.1, 0.15) is 21.5 Å². The summed E-state index contributed by atoms with van der Waals surface area (Å²) in [7, 11) is 0. The molecular formula is C17H17NO4. The molecule has 0 fully saturated rings. The first-order valence-electron chi connectivity index (χ1n) is 6.83. The lowest BCUT2D eigenvalue weighted by Gasteiger charge is -2.09. The summed E-state index contributed by atoms with van der Waals surface area (Å²) in [6, 6.07) is 13.8. The Bertz CT molecular complexity index is 665. The van der Waals surface area contributed by atoms with Crippen molar-refractivity contribution in [3.63, 3.8) is 0 Å². The third-order valence-electron chi connectivity index (χ3n) is 3.14. The van der Waals surface area contributed by atoms with E-state index in [4.69, 9.17) is 9.84 Å². The molecule has 2 aromatic rings. The third kappa shape index (κ3) is 4.34. The van der Waals surface area contributed by atoms with Crippen molar-refractivity contribution in [3.05, 3.63) is 65.2 Å². The minimum Gasteiger partial charge on any atom is -0.484 e. The fraction of sp³-hybridized carbons (Fsp3) is 0.176. The third-order valence-corrected chi connectivity index (χ3v) is 3.14. The molecule has 0 aliphatic carbocycles. The van der Waals surface area contributed by atoms with Crippen LogP contribution in [0.25, 0.3) is 0 Å². The van der Waals surface area contributed by atoms with Gasteiger partial charge in [-0.25, -0.2) is 4.79 Å². The Morgan fingerprint density at radius 1 is 1.09 bits per heavy atom. The van der Waals surface area contributed by atoms with E-state index in [0.717, 1.165) is 11.1 Å². The molecule has 0 heterocycles. The molecule has 5 nitrogen and oxygen atoms in total. The summed E-state index contributed by atoms with van der Waals surface area (Å²) in [5, 5.41) is 11.5. The van der Waals surface area contributed by atoms with Crippen LogP contribution in [0.5, 0.6) is 5.75 Å². The molecule has 0 radical (unpaired) electrons. The van der Waals surface area contributed by atoms with Gasteiger partial charge in [-0.3, -0.25) is 4.79 Å². The zero-order valence-corrected chi connectivity index (χ0v) is 12.2. The first-order chi connectivity index (χ1) is 10.6. The maximum absolute atomic E-state index is 11.7. The standard InChI is InChI=1S/C17H17NO4/c1-12-4-2-3-5-15(12)22-11-16(19)18-10-13-6-8-14(9-7-13)17(20)21/h2-9H,10-11H2,1H3,(H,18,19)(H,20,21). The number of benzene rings is 2. The summed E-state index contributed by atoms with van der Waals surface area (Å²) >= 11 is 0. The average Bonchev–Trinajstić information content (AvgIpc) is 2.52. The van der Waals surface area contributed by atoms with E-state index >= 15 is 0 Å². The first-order valence-corrected chi connectivity index (χ1v) is 6.83. The number of ether oxygens (including phenoxy) is 1. The van der Waals surface area contributed by atoms with Crippen LogP contribution in [0.4, 0.5) is 0 Å². The highest BCUT2D eigenvalue weighted by molar-refractivity contribution is 5.87. The molecule has 5 heteroatoms. The van der Waals surface area contributed by atoms with Gasteiger partial charge in [-0.15, -0.1) is 0 Å². The molecule has 0 bridgehead atoms. The molecule has 0 saturated heterocycles. The molecule has 114 valence electrons. The predicted molar refractivity (Wildman–Crippen MR) is 81.9 cm³/mol. The van der Waals surface area contributed by atoms with Crippen molar-refractivity contribution in [2.75, 3.05) is 6.61 Å². The van der Waals surface area contributed by atoms with Crippen molar-refractivity contribution < 1.29 is 19.4 Å². The second-order valence-electron chi connectivity index (χ2n) is 4.83. The summed E-state index contributed by atoms with van der Waals surface area (Å²) in [5.41, 5.74) is 2.02. The molecule has 0 saturated carbocycles. The van der Waals surface area contributed by atoms with Gasteiger partial charge < -0.3 is 15.2 Å². The largest absolute Gasteiger partial charge is 0.484 e. The minimum absolute atomic E-state index is 0.0575. The topological polar surface area (TPSA) is 75.6 Å². The number of carbonyl (C=O) groups excluding carboxylic acids is 1. The Labute approximate surface area is 128 Å². The van der Waals surface area contributed by atoms with Gasteiger partial charge >= 0.3 is 5.97 Å². The Hall–Kier alpha value is -2.82. The quantitative estimate of drug-likeness (QED) is 0.858. The van der Waals surface area contributed by atoms with Crippen LogP contribution in [0, 0.1) is 6.92 Å². The van der Waals surface area contributed by atoms with Gasteiger partial charge in [-0.2, -0.15) is 0 Å². The van der Waals surface area contributed by atoms with E-state index in [9.17, 15) is 9.59 Å². The van der Waals surface area contributed by atoms with Crippen LogP contribution in [-0.4, -0.2) is 23.6 Å². The van der Waals surface area contributed by atoms with Crippen molar-refractivity contribution in [2.24, 2.45) is 0 Å². The lowest BCUT2D eigenvalue weighted by atomic mass is 10.1. The van der Waals surface area contributed by atoms with Crippen LogP contribution in [-0.2, 0) is 11.3 Å². The maximum atomic E-state index is 11.7. The normalized spacial score (nSPS) is 10.0. The molecule has 2 rings (SSSR count). The van der Waals surface area contributed by atoms with E-state index in [1.54, 1.807) is 12.1 Å². The van der Waals surface area contributed by atoms with Crippen LogP contribution in [0.3, 0.4) is 0 Å². The lowest BCUT2D eigenvalue weighted by Crippen LogP contribution is -2.28. The molecule has 0 spiro atoms. The summed E-state index contributed by atoms with van der Waals surface area (Å²) < 4.78 is 5.45. The summed E-state index contributed by atoms with van der Waals surface area (Å²) in [6.45, 7) is 2.19. The molecule has 2 N–H and O–H groups in total. The average molecular weight is 299 g/mol. The summed E-state index contributed by atoms with van der Waals surface area (Å²) in [6.07, 6.45) is 0. The number of hydrogen-bond acceptors (Lipinski definition) is 3. The number of carboxylic acid groups (broad SMARTS) is 1. The van der Waals surface area contributed by atoms with Gasteiger partial charge in [0.15, 0.2) is 6.61 Å². The van der Waals surface area contributed by atoms with Gasteiger partial charge in [-0.1, -0.05) is 30.3 Å². The number of carboxylic acids is 1. The number of carbonyl (C=O) groups is 2. The predicted octanol–water partition coefficient (Wildman–Crippen LogP) is 2.39. The number of para-hydroxylation sites is 1. The van der Waals surface area contributed by atoms with E-state index in [1.165, 1.54) is 12.1 Å². The monoisotopic (exact) mass is 299 g/mol. The van der Waals surface area contributed by atoms with Gasteiger partial charge in [0.05, 0.1) is 5.56 Å². The summed E-state index contributed by atoms with van der Waals surface area (Å²) in [4.78, 5) is 22.5.